The number of hydrogen-bond donors (Lipinski definition) is 14. The number of nitrogens with zero attached hydrogens (tertiary/aromatic N) is 1. The van der Waals surface area contributed by atoms with Crippen LogP contribution >= 0.6 is 12.2 Å². The van der Waals surface area contributed by atoms with Gasteiger partial charge in [0.1, 0.15) is 59.6 Å². The van der Waals surface area contributed by atoms with Crippen molar-refractivity contribution in [2.24, 2.45) is 11.8 Å². The minimum Gasteiger partial charge on any atom is -0.508 e. The van der Waals surface area contributed by atoms with E-state index in [1.807, 2.05) is 32.9 Å². The zero-order valence-electron chi connectivity index (χ0n) is 55.2. The third-order valence-corrected chi connectivity index (χ3v) is 16.4. The second-order valence-corrected chi connectivity index (χ2v) is 25.1. The molecule has 2 aliphatic heterocycles. The number of para-hydroxylation sites is 1. The molecule has 1 aliphatic carbocycles. The van der Waals surface area contributed by atoms with Crippen LogP contribution in [0.15, 0.2) is 112 Å². The Labute approximate surface area is 569 Å². The Bertz CT molecular complexity index is 3990. The minimum atomic E-state index is -1.69. The summed E-state index contributed by atoms with van der Waals surface area (Å²) >= 11 is 5.54. The molecule has 3 aliphatic rings. The van der Waals surface area contributed by atoms with Crippen molar-refractivity contribution in [3.8, 4) is 28.2 Å². The summed E-state index contributed by atoms with van der Waals surface area (Å²) in [6, 6.07) is 17.9. The number of urea groups is 1. The number of aldehydes is 1. The first-order chi connectivity index (χ1) is 46.6. The summed E-state index contributed by atoms with van der Waals surface area (Å²) in [5.74, 6) is -8.51. The molecule has 28 nitrogen and oxygen atoms in total. The van der Waals surface area contributed by atoms with E-state index in [0.717, 1.165) is 5.56 Å². The molecule has 0 radical (unpaired) electrons. The quantitative estimate of drug-likeness (QED) is 0.00847. The monoisotopic (exact) mass is 1370 g/mol. The van der Waals surface area contributed by atoms with Crippen molar-refractivity contribution in [1.29, 1.82) is 0 Å². The minimum absolute atomic E-state index is 0.0490. The lowest BCUT2D eigenvalue weighted by molar-refractivity contribution is -0.144. The van der Waals surface area contributed by atoms with Gasteiger partial charge in [-0.1, -0.05) is 58.0 Å². The predicted octanol–water partition coefficient (Wildman–Crippen LogP) is 5.44. The number of amides is 9. The van der Waals surface area contributed by atoms with E-state index < -0.39 is 114 Å². The summed E-state index contributed by atoms with van der Waals surface area (Å²) in [6.07, 6.45) is 1.39. The standard InChI is InChI=1S/C69H82N12O16S/c1-36(2)29-53(79-80-57(85)30-41-17-19-42(20-18-41)74-68(96)77-51-15-9-8-13-38(51)5)64(91)76-52(34-58(86)87)63(90)78-60(37(3)4)66(93)81-28-12-16-54(81)65(92)72-39(6)61(88)71-40(7)62(89)73-44(35-82)14-10-11-27-70-69(98)75-43-21-24-47(67(94)95)50(31-43)59-48-25-22-45(83)32-55(48)97-56-33-46(84)23-26-49(56)59/h8-9,13,15,17-26,31-33,35-37,39-40,44,52-54,60,79,83H,10-12,14,16,27-30,34H2,1-7H3,(H,71,88)(H,72,92)(H,73,89)(H,76,91)(H,78,90)(H,80,85)(H,86,87)(H,94,95)(H2,70,75,98)(H2,74,77,96). The number of carboxylic acids is 2. The number of anilines is 3. The highest BCUT2D eigenvalue weighted by atomic mass is 32.1. The fraction of sp³-hybridized carbons (Fsp3) is 0.377. The number of likely N-dealkylation sites (tertiary alicyclic amines) is 1. The number of thiocarbonyl (C=S) groups is 1. The van der Waals surface area contributed by atoms with E-state index in [-0.39, 0.29) is 76.9 Å². The third-order valence-electron chi connectivity index (χ3n) is 16.1. The Balaban J connectivity index is 0.848. The van der Waals surface area contributed by atoms with E-state index in [0.29, 0.717) is 71.2 Å². The fourth-order valence-electron chi connectivity index (χ4n) is 11.0. The summed E-state index contributed by atoms with van der Waals surface area (Å²) in [4.78, 5) is 159. The Hall–Kier alpha value is -10.8. The third kappa shape index (κ3) is 20.8. The van der Waals surface area contributed by atoms with E-state index in [2.05, 4.69) is 58.7 Å². The molecule has 0 saturated carbocycles. The Morgan fingerprint density at radius 1 is 0.714 bits per heavy atom. The first-order valence-electron chi connectivity index (χ1n) is 32.0. The number of aromatic carboxylic acids is 1. The maximum absolute atomic E-state index is 14.3. The fourth-order valence-corrected chi connectivity index (χ4v) is 11.2. The van der Waals surface area contributed by atoms with Gasteiger partial charge in [-0.2, -0.15) is 0 Å². The van der Waals surface area contributed by atoms with Crippen molar-refractivity contribution >= 4 is 111 Å². The van der Waals surface area contributed by atoms with Crippen LogP contribution in [-0.4, -0.2) is 146 Å². The molecule has 0 spiro atoms. The lowest BCUT2D eigenvalue weighted by Gasteiger charge is -2.32. The number of carbonyl (C=O) groups is 11. The van der Waals surface area contributed by atoms with E-state index >= 15 is 0 Å². The van der Waals surface area contributed by atoms with Crippen molar-refractivity contribution < 1.29 is 72.5 Å². The van der Waals surface area contributed by atoms with E-state index in [9.17, 15) is 72.9 Å². The number of phenols is 1. The maximum Gasteiger partial charge on any atom is 0.336 e. The van der Waals surface area contributed by atoms with Crippen molar-refractivity contribution in [2.75, 3.05) is 29.0 Å². The van der Waals surface area contributed by atoms with Crippen LogP contribution in [0.1, 0.15) is 108 Å². The number of rotatable bonds is 31. The van der Waals surface area contributed by atoms with Gasteiger partial charge in [0.05, 0.1) is 24.4 Å². The normalized spacial score (nSPS) is 14.5. The largest absolute Gasteiger partial charge is 0.508 e. The number of unbranched alkanes of at least 4 members (excludes halogenated alkanes) is 1. The molecule has 7 atom stereocenters. The number of carbonyl (C=O) groups excluding carboxylic acids is 9. The van der Waals surface area contributed by atoms with Gasteiger partial charge in [-0.3, -0.25) is 48.6 Å². The summed E-state index contributed by atoms with van der Waals surface area (Å²) in [5.41, 5.74) is 9.25. The van der Waals surface area contributed by atoms with Gasteiger partial charge in [0, 0.05) is 58.8 Å². The number of nitrogens with one attached hydrogen (secondary N) is 11. The van der Waals surface area contributed by atoms with Crippen LogP contribution in [0.25, 0.3) is 33.4 Å². The van der Waals surface area contributed by atoms with E-state index in [4.69, 9.17) is 16.6 Å². The molecular formula is C69H82N12O16S. The van der Waals surface area contributed by atoms with Crippen molar-refractivity contribution in [3.63, 3.8) is 0 Å². The molecule has 1 fully saturated rings. The Morgan fingerprint density at radius 2 is 1.41 bits per heavy atom. The lowest BCUT2D eigenvalue weighted by Crippen LogP contribution is -2.61. The predicted molar refractivity (Wildman–Crippen MR) is 369 cm³/mol. The summed E-state index contributed by atoms with van der Waals surface area (Å²) in [6.45, 7) is 11.9. The zero-order valence-corrected chi connectivity index (χ0v) is 56.0. The number of aromatic hydroxyl groups is 1. The number of fused-ring (bicyclic) bond motifs is 2. The number of hydrogen-bond acceptors (Lipinski definition) is 16. The molecule has 520 valence electrons. The summed E-state index contributed by atoms with van der Waals surface area (Å²) < 4.78 is 5.93. The lowest BCUT2D eigenvalue weighted by atomic mass is 9.90. The van der Waals surface area contributed by atoms with Crippen molar-refractivity contribution in [2.45, 2.75) is 142 Å². The second-order valence-electron chi connectivity index (χ2n) is 24.7. The number of aliphatic carboxylic acids is 1. The SMILES string of the molecule is Cc1ccccc1NC(=O)Nc1ccc(CC(=O)NNC(CC(C)C)C(=O)NC(CC(=O)O)C(=O)NC(C(=O)N2CCCC2C(=O)NC(C)C(=O)NC(C)C(=O)NC(C=O)CCCCNC(=S)Nc2ccc(C(=O)O)c(-c3c4ccc(=O)cc-4oc4cc(O)ccc34)c2)C(C)C)cc1. The second kappa shape index (κ2) is 34.7. The average Bonchev–Trinajstić information content (AvgIpc) is 0.762. The van der Waals surface area contributed by atoms with Gasteiger partial charge < -0.3 is 77.3 Å². The van der Waals surface area contributed by atoms with Gasteiger partial charge in [-0.05, 0) is 161 Å². The molecule has 1 saturated heterocycles. The van der Waals surface area contributed by atoms with Crippen molar-refractivity contribution in [1.82, 2.24) is 47.7 Å². The molecule has 7 unspecified atom stereocenters. The summed E-state index contributed by atoms with van der Waals surface area (Å²) in [7, 11) is 0. The summed E-state index contributed by atoms with van der Waals surface area (Å²) in [5, 5.41) is 55.4. The molecule has 29 heteroatoms. The van der Waals surface area contributed by atoms with Crippen LogP contribution in [0.5, 0.6) is 5.75 Å². The first-order valence-corrected chi connectivity index (χ1v) is 32.4. The van der Waals surface area contributed by atoms with Gasteiger partial charge in [0.2, 0.25) is 41.4 Å². The molecule has 0 aromatic heterocycles. The van der Waals surface area contributed by atoms with Crippen LogP contribution in [0, 0.1) is 18.8 Å². The molecule has 98 heavy (non-hydrogen) atoms. The zero-order chi connectivity index (χ0) is 71.5. The van der Waals surface area contributed by atoms with Crippen molar-refractivity contribution in [3.05, 3.63) is 130 Å². The molecule has 7 rings (SSSR count). The molecule has 9 amide bonds. The number of carboxylic acid groups (broad SMARTS) is 2. The van der Waals surface area contributed by atoms with E-state index in [1.165, 1.54) is 55.1 Å². The topological polar surface area (TPSA) is 414 Å². The number of phenolic OH excluding ortho intramolecular Hbond substituents is 1. The molecule has 2 heterocycles. The molecule has 4 aromatic carbocycles. The average molecular weight is 1370 g/mol. The van der Waals surface area contributed by atoms with Crippen LogP contribution < -0.4 is 64.1 Å². The Kier molecular flexibility index (Phi) is 26.4. The first kappa shape index (κ1) is 74.6. The Morgan fingerprint density at radius 3 is 2.09 bits per heavy atom. The van der Waals surface area contributed by atoms with Crippen LogP contribution in [0.4, 0.5) is 21.9 Å². The molecule has 4 aromatic rings. The van der Waals surface area contributed by atoms with E-state index in [1.54, 1.807) is 68.4 Å². The van der Waals surface area contributed by atoms with Crippen LogP contribution in [0.3, 0.4) is 0 Å². The smallest absolute Gasteiger partial charge is 0.336 e. The highest BCUT2D eigenvalue weighted by Crippen LogP contribution is 2.43. The van der Waals surface area contributed by atoms with Gasteiger partial charge in [0.15, 0.2) is 10.5 Å². The number of aryl methyl sites for hydroxylation is 1. The molecule has 0 bridgehead atoms. The molecular weight excluding hydrogens is 1280 g/mol. The van der Waals surface area contributed by atoms with Gasteiger partial charge in [-0.25, -0.2) is 15.0 Å². The highest BCUT2D eigenvalue weighted by Gasteiger charge is 2.41. The maximum atomic E-state index is 14.3. The molecule has 14 N–H and O–H groups in total. The van der Waals surface area contributed by atoms with Gasteiger partial charge >= 0.3 is 18.0 Å². The van der Waals surface area contributed by atoms with Crippen LogP contribution in [-0.2, 0) is 49.6 Å². The highest BCUT2D eigenvalue weighted by molar-refractivity contribution is 7.80. The van der Waals surface area contributed by atoms with Gasteiger partial charge in [-0.15, -0.1) is 0 Å². The number of benzene rings is 5. The van der Waals surface area contributed by atoms with Gasteiger partial charge in [0.25, 0.3) is 0 Å². The number of hydrazine groups is 1. The van der Waals surface area contributed by atoms with Crippen LogP contribution in [0.2, 0.25) is 0 Å².